The van der Waals surface area contributed by atoms with Crippen LogP contribution in [-0.2, 0) is 6.54 Å². The molecule has 6 nitrogen and oxygen atoms in total. The summed E-state index contributed by atoms with van der Waals surface area (Å²) in [5.41, 5.74) is 0. The van der Waals surface area contributed by atoms with E-state index in [1.807, 2.05) is 6.92 Å². The molecule has 0 fully saturated rings. The zero-order chi connectivity index (χ0) is 8.81. The monoisotopic (exact) mass is 170 g/mol. The summed E-state index contributed by atoms with van der Waals surface area (Å²) in [6.07, 6.45) is 1.22. The van der Waals surface area contributed by atoms with E-state index in [-0.39, 0.29) is 12.6 Å². The van der Waals surface area contributed by atoms with Crippen LogP contribution in [-0.4, -0.2) is 22.8 Å². The van der Waals surface area contributed by atoms with Gasteiger partial charge in [0.25, 0.3) is 0 Å². The molecule has 2 amide bonds. The minimum atomic E-state index is -0.240. The van der Waals surface area contributed by atoms with Crippen molar-refractivity contribution in [2.45, 2.75) is 13.5 Å². The number of nitrogens with zero attached hydrogens (tertiary/aromatic N) is 2. The van der Waals surface area contributed by atoms with Gasteiger partial charge in [-0.05, 0) is 6.92 Å². The highest BCUT2D eigenvalue weighted by Gasteiger charge is 2.00. The van der Waals surface area contributed by atoms with E-state index in [2.05, 4.69) is 20.8 Å². The minimum absolute atomic E-state index is 0.240. The first kappa shape index (κ1) is 8.51. The van der Waals surface area contributed by atoms with Crippen LogP contribution in [0.2, 0.25) is 0 Å². The molecule has 0 bridgehead atoms. The van der Waals surface area contributed by atoms with Gasteiger partial charge in [0, 0.05) is 6.54 Å². The zero-order valence-electron chi connectivity index (χ0n) is 6.70. The van der Waals surface area contributed by atoms with Crippen LogP contribution in [0.25, 0.3) is 0 Å². The molecule has 0 unspecified atom stereocenters. The molecule has 0 atom stereocenters. The molecule has 12 heavy (non-hydrogen) atoms. The number of nitrogens with one attached hydrogen (secondary N) is 2. The van der Waals surface area contributed by atoms with Gasteiger partial charge in [0.2, 0.25) is 12.3 Å². The van der Waals surface area contributed by atoms with Crippen molar-refractivity contribution in [3.63, 3.8) is 0 Å². The van der Waals surface area contributed by atoms with Crippen LogP contribution in [0.3, 0.4) is 0 Å². The van der Waals surface area contributed by atoms with Crippen molar-refractivity contribution in [2.75, 3.05) is 6.54 Å². The molecule has 0 aromatic carbocycles. The molecule has 1 aromatic rings. The van der Waals surface area contributed by atoms with Crippen molar-refractivity contribution < 1.29 is 9.21 Å². The van der Waals surface area contributed by atoms with Gasteiger partial charge in [0.1, 0.15) is 0 Å². The van der Waals surface area contributed by atoms with E-state index >= 15 is 0 Å². The average molecular weight is 170 g/mol. The fourth-order valence-corrected chi connectivity index (χ4v) is 0.652. The highest BCUT2D eigenvalue weighted by atomic mass is 16.4. The van der Waals surface area contributed by atoms with E-state index in [1.54, 1.807) is 0 Å². The van der Waals surface area contributed by atoms with Crippen LogP contribution in [0.15, 0.2) is 10.8 Å². The first-order chi connectivity index (χ1) is 5.83. The molecule has 1 heterocycles. The number of hydrogen-bond acceptors (Lipinski definition) is 4. The largest absolute Gasteiger partial charge is 0.426 e. The Labute approximate surface area is 69.4 Å². The van der Waals surface area contributed by atoms with E-state index in [0.29, 0.717) is 12.4 Å². The van der Waals surface area contributed by atoms with E-state index in [9.17, 15) is 4.79 Å². The van der Waals surface area contributed by atoms with Crippen molar-refractivity contribution in [2.24, 2.45) is 0 Å². The summed E-state index contributed by atoms with van der Waals surface area (Å²) in [5, 5.41) is 12.2. The SMILES string of the molecule is CCNC(=O)NCc1nnco1. The van der Waals surface area contributed by atoms with Crippen LogP contribution in [0.1, 0.15) is 12.8 Å². The first-order valence-electron chi connectivity index (χ1n) is 3.59. The van der Waals surface area contributed by atoms with Crippen molar-refractivity contribution in [1.29, 1.82) is 0 Å². The molecule has 0 aliphatic rings. The van der Waals surface area contributed by atoms with Gasteiger partial charge in [-0.25, -0.2) is 4.79 Å². The predicted molar refractivity (Wildman–Crippen MR) is 40.2 cm³/mol. The standard InChI is InChI=1S/C6H10N4O2/c1-2-7-6(11)8-3-5-10-9-4-12-5/h4H,2-3H2,1H3,(H2,7,8,11). The predicted octanol–water partition coefficient (Wildman–Crippen LogP) is -0.111. The lowest BCUT2D eigenvalue weighted by molar-refractivity contribution is 0.240. The maximum atomic E-state index is 10.8. The summed E-state index contributed by atoms with van der Waals surface area (Å²) >= 11 is 0. The number of urea groups is 1. The highest BCUT2D eigenvalue weighted by Crippen LogP contribution is 1.88. The molecule has 66 valence electrons. The second-order valence-electron chi connectivity index (χ2n) is 2.05. The lowest BCUT2D eigenvalue weighted by Crippen LogP contribution is -2.34. The topological polar surface area (TPSA) is 80.0 Å². The maximum absolute atomic E-state index is 10.8. The molecule has 0 aliphatic heterocycles. The quantitative estimate of drug-likeness (QED) is 0.663. The van der Waals surface area contributed by atoms with Crippen molar-refractivity contribution in [1.82, 2.24) is 20.8 Å². The molecule has 1 aromatic heterocycles. The summed E-state index contributed by atoms with van der Waals surface area (Å²) < 4.78 is 4.80. The molecule has 0 saturated carbocycles. The van der Waals surface area contributed by atoms with Crippen molar-refractivity contribution in [3.05, 3.63) is 12.3 Å². The smallest absolute Gasteiger partial charge is 0.315 e. The van der Waals surface area contributed by atoms with Crippen molar-refractivity contribution >= 4 is 6.03 Å². The normalized spacial score (nSPS) is 9.42. The average Bonchev–Trinajstić information content (AvgIpc) is 2.53. The second kappa shape index (κ2) is 4.32. The highest BCUT2D eigenvalue weighted by molar-refractivity contribution is 5.73. The van der Waals surface area contributed by atoms with Gasteiger partial charge in [-0.2, -0.15) is 0 Å². The third kappa shape index (κ3) is 2.57. The van der Waals surface area contributed by atoms with E-state index in [1.165, 1.54) is 6.39 Å². The van der Waals surface area contributed by atoms with Crippen LogP contribution in [0, 0.1) is 0 Å². The lowest BCUT2D eigenvalue weighted by atomic mass is 10.6. The molecule has 0 radical (unpaired) electrons. The molecular formula is C6H10N4O2. The maximum Gasteiger partial charge on any atom is 0.315 e. The third-order valence-electron chi connectivity index (χ3n) is 1.14. The summed E-state index contributed by atoms with van der Waals surface area (Å²) in [6, 6.07) is -0.240. The summed E-state index contributed by atoms with van der Waals surface area (Å²) in [4.78, 5) is 10.8. The molecular weight excluding hydrogens is 160 g/mol. The zero-order valence-corrected chi connectivity index (χ0v) is 6.70. The van der Waals surface area contributed by atoms with E-state index in [4.69, 9.17) is 4.42 Å². The minimum Gasteiger partial charge on any atom is -0.426 e. The first-order valence-corrected chi connectivity index (χ1v) is 3.59. The molecule has 6 heteroatoms. The van der Waals surface area contributed by atoms with Gasteiger partial charge < -0.3 is 15.1 Å². The van der Waals surface area contributed by atoms with Crippen molar-refractivity contribution in [3.8, 4) is 0 Å². The lowest BCUT2D eigenvalue weighted by Gasteiger charge is -2.01. The number of amides is 2. The van der Waals surface area contributed by atoms with E-state index in [0.717, 1.165) is 0 Å². The van der Waals surface area contributed by atoms with Crippen LogP contribution in [0.5, 0.6) is 0 Å². The van der Waals surface area contributed by atoms with Gasteiger partial charge in [0.05, 0.1) is 6.54 Å². The Kier molecular flexibility index (Phi) is 3.06. The Morgan fingerprint density at radius 2 is 2.50 bits per heavy atom. The fraction of sp³-hybridized carbons (Fsp3) is 0.500. The summed E-state index contributed by atoms with van der Waals surface area (Å²) in [7, 11) is 0. The van der Waals surface area contributed by atoms with Gasteiger partial charge >= 0.3 is 6.03 Å². The third-order valence-corrected chi connectivity index (χ3v) is 1.14. The molecule has 0 aliphatic carbocycles. The number of rotatable bonds is 3. The molecule has 1 rings (SSSR count). The summed E-state index contributed by atoms with van der Waals surface area (Å²) in [6.45, 7) is 2.69. The Hall–Kier alpha value is -1.59. The van der Waals surface area contributed by atoms with Gasteiger partial charge in [-0.3, -0.25) is 0 Å². The number of carbonyl (C=O) groups excluding carboxylic acids is 1. The number of aromatic nitrogens is 2. The van der Waals surface area contributed by atoms with Gasteiger partial charge in [0.15, 0.2) is 0 Å². The second-order valence-corrected chi connectivity index (χ2v) is 2.05. The fourth-order valence-electron chi connectivity index (χ4n) is 0.652. The Morgan fingerprint density at radius 3 is 3.08 bits per heavy atom. The van der Waals surface area contributed by atoms with Gasteiger partial charge in [-0.15, -0.1) is 10.2 Å². The Balaban J connectivity index is 2.22. The van der Waals surface area contributed by atoms with E-state index < -0.39 is 0 Å². The molecule has 0 spiro atoms. The van der Waals surface area contributed by atoms with Crippen LogP contribution in [0.4, 0.5) is 4.79 Å². The summed E-state index contributed by atoms with van der Waals surface area (Å²) in [5.74, 6) is 0.390. The number of carbonyl (C=O) groups is 1. The number of hydrogen-bond donors (Lipinski definition) is 2. The van der Waals surface area contributed by atoms with Gasteiger partial charge in [-0.1, -0.05) is 0 Å². The Bertz CT molecular complexity index is 234. The Morgan fingerprint density at radius 1 is 1.67 bits per heavy atom. The van der Waals surface area contributed by atoms with Crippen LogP contribution < -0.4 is 10.6 Å². The van der Waals surface area contributed by atoms with Crippen LogP contribution >= 0.6 is 0 Å². The molecule has 0 saturated heterocycles. The molecule has 2 N–H and O–H groups in total.